The molecule has 0 saturated carbocycles. The molecule has 1 heterocycles. The lowest BCUT2D eigenvalue weighted by atomic mass is 10.3. The second-order valence-electron chi connectivity index (χ2n) is 2.65. The molecule has 0 N–H and O–H groups in total. The van der Waals surface area contributed by atoms with Crippen molar-refractivity contribution in [1.82, 2.24) is 0 Å². The molecule has 0 saturated heterocycles. The lowest BCUT2D eigenvalue weighted by Gasteiger charge is -1.93. The van der Waals surface area contributed by atoms with Gasteiger partial charge in [-0.2, -0.15) is 0 Å². The first kappa shape index (κ1) is 8.60. The summed E-state index contributed by atoms with van der Waals surface area (Å²) in [6, 6.07) is 4.03. The lowest BCUT2D eigenvalue weighted by Crippen LogP contribution is -2.32. The lowest BCUT2D eigenvalue weighted by molar-refractivity contribution is -0.697. The van der Waals surface area contributed by atoms with Gasteiger partial charge >= 0.3 is 0 Å². The second-order valence-corrected chi connectivity index (χ2v) is 3.16. The average Bonchev–Trinajstić information content (AvgIpc) is 2.04. The van der Waals surface area contributed by atoms with Gasteiger partial charge in [-0.3, -0.25) is 0 Å². The molecule has 0 aliphatic carbocycles. The topological polar surface area (TPSA) is 3.88 Å². The summed E-state index contributed by atoms with van der Waals surface area (Å²) in [5, 5.41) is 0. The number of thiol groups is 1. The average molecular weight is 168 g/mol. The molecule has 0 fully saturated rings. The maximum atomic E-state index is 4.21. The highest BCUT2D eigenvalue weighted by molar-refractivity contribution is 7.80. The summed E-state index contributed by atoms with van der Waals surface area (Å²) in [4.78, 5) is 1.03. The zero-order chi connectivity index (χ0) is 8.10. The van der Waals surface area contributed by atoms with Crippen LogP contribution in [-0.4, -0.2) is 0 Å². The summed E-state index contributed by atoms with van der Waals surface area (Å²) in [6.07, 6.45) is 6.63. The van der Waals surface area contributed by atoms with Crippen molar-refractivity contribution >= 4 is 12.6 Å². The van der Waals surface area contributed by atoms with Crippen LogP contribution in [-0.2, 0) is 6.54 Å². The van der Waals surface area contributed by atoms with Gasteiger partial charge < -0.3 is 0 Å². The smallest absolute Gasteiger partial charge is 0.169 e. The van der Waals surface area contributed by atoms with Crippen molar-refractivity contribution in [2.45, 2.75) is 31.2 Å². The van der Waals surface area contributed by atoms with Crippen molar-refractivity contribution in [1.29, 1.82) is 0 Å². The van der Waals surface area contributed by atoms with Gasteiger partial charge in [-0.05, 0) is 0 Å². The zero-order valence-corrected chi connectivity index (χ0v) is 7.72. The molecule has 1 nitrogen and oxygen atoms in total. The second kappa shape index (κ2) is 4.39. The van der Waals surface area contributed by atoms with Crippen LogP contribution in [0.5, 0.6) is 0 Å². The Morgan fingerprint density at radius 1 is 1.36 bits per heavy atom. The number of rotatable bonds is 3. The monoisotopic (exact) mass is 168 g/mol. The van der Waals surface area contributed by atoms with Crippen molar-refractivity contribution in [3.8, 4) is 0 Å². The minimum atomic E-state index is 1.03. The van der Waals surface area contributed by atoms with E-state index in [4.69, 9.17) is 0 Å². The number of unbranched alkanes of at least 4 members (excludes halogenated alkanes) is 1. The quantitative estimate of drug-likeness (QED) is 0.520. The van der Waals surface area contributed by atoms with Gasteiger partial charge in [0.05, 0.1) is 0 Å². The first-order valence-corrected chi connectivity index (χ1v) is 4.45. The van der Waals surface area contributed by atoms with E-state index in [0.717, 1.165) is 11.4 Å². The van der Waals surface area contributed by atoms with E-state index in [-0.39, 0.29) is 0 Å². The molecule has 0 aromatic carbocycles. The Morgan fingerprint density at radius 2 is 2.00 bits per heavy atom. The van der Waals surface area contributed by atoms with Crippen molar-refractivity contribution in [3.63, 3.8) is 0 Å². The number of aromatic nitrogens is 1. The Labute approximate surface area is 73.5 Å². The van der Waals surface area contributed by atoms with Gasteiger partial charge in [0.1, 0.15) is 6.54 Å². The number of nitrogens with zero attached hydrogens (tertiary/aromatic N) is 1. The van der Waals surface area contributed by atoms with Crippen LogP contribution in [0, 0.1) is 0 Å². The van der Waals surface area contributed by atoms with Crippen LogP contribution in [0.3, 0.4) is 0 Å². The molecule has 0 spiro atoms. The number of hydrogen-bond donors (Lipinski definition) is 1. The van der Waals surface area contributed by atoms with Crippen molar-refractivity contribution in [2.24, 2.45) is 0 Å². The van der Waals surface area contributed by atoms with Crippen LogP contribution in [0.1, 0.15) is 19.8 Å². The van der Waals surface area contributed by atoms with E-state index < -0.39 is 0 Å². The van der Waals surface area contributed by atoms with Gasteiger partial charge in [0.15, 0.2) is 12.4 Å². The van der Waals surface area contributed by atoms with Crippen molar-refractivity contribution in [3.05, 3.63) is 24.5 Å². The molecule has 0 aliphatic heterocycles. The Hall–Kier alpha value is -0.500. The van der Waals surface area contributed by atoms with Gasteiger partial charge in [0.2, 0.25) is 0 Å². The Bertz CT molecular complexity index is 205. The standard InChI is InChI=1S/C9H13NS/c1-2-3-6-10-7-4-9(11)5-8-10/h4-5,7-8H,2-3,6H2,1H3/p+1. The largest absolute Gasteiger partial charge is 0.205 e. The third-order valence-corrected chi connectivity index (χ3v) is 1.94. The molecule has 0 radical (unpaired) electrons. The summed E-state index contributed by atoms with van der Waals surface area (Å²) >= 11 is 4.21. The normalized spacial score (nSPS) is 10.0. The molecule has 0 unspecified atom stereocenters. The summed E-state index contributed by atoms with van der Waals surface area (Å²) < 4.78 is 2.18. The van der Waals surface area contributed by atoms with Gasteiger partial charge in [-0.1, -0.05) is 13.3 Å². The fraction of sp³-hybridized carbons (Fsp3) is 0.444. The molecular formula is C9H14NS+. The molecule has 0 amide bonds. The zero-order valence-electron chi connectivity index (χ0n) is 6.83. The van der Waals surface area contributed by atoms with Crippen molar-refractivity contribution in [2.75, 3.05) is 0 Å². The van der Waals surface area contributed by atoms with Crippen LogP contribution in [0.15, 0.2) is 29.4 Å². The number of pyridine rings is 1. The minimum Gasteiger partial charge on any atom is -0.205 e. The fourth-order valence-corrected chi connectivity index (χ4v) is 1.07. The molecule has 1 aromatic heterocycles. The van der Waals surface area contributed by atoms with Crippen LogP contribution in [0.4, 0.5) is 0 Å². The van der Waals surface area contributed by atoms with Gasteiger partial charge in [0.25, 0.3) is 0 Å². The summed E-state index contributed by atoms with van der Waals surface area (Å²) in [5.41, 5.74) is 0. The van der Waals surface area contributed by atoms with Crippen molar-refractivity contribution < 1.29 is 4.57 Å². The molecule has 2 heteroatoms. The van der Waals surface area contributed by atoms with E-state index in [9.17, 15) is 0 Å². The molecule has 11 heavy (non-hydrogen) atoms. The Morgan fingerprint density at radius 3 is 2.55 bits per heavy atom. The molecule has 60 valence electrons. The first-order chi connectivity index (χ1) is 5.33. The predicted octanol–water partition coefficient (Wildman–Crippen LogP) is 2.06. The molecule has 1 aromatic rings. The van der Waals surface area contributed by atoms with E-state index >= 15 is 0 Å². The highest BCUT2D eigenvalue weighted by Gasteiger charge is 1.96. The molecule has 0 bridgehead atoms. The predicted molar refractivity (Wildman–Crippen MR) is 48.8 cm³/mol. The summed E-state index contributed by atoms with van der Waals surface area (Å²) in [7, 11) is 0. The number of aryl methyl sites for hydroxylation is 1. The van der Waals surface area contributed by atoms with Crippen LogP contribution < -0.4 is 4.57 Å². The van der Waals surface area contributed by atoms with E-state index in [2.05, 4.69) is 36.5 Å². The van der Waals surface area contributed by atoms with Crippen LogP contribution in [0.2, 0.25) is 0 Å². The maximum absolute atomic E-state index is 4.21. The molecule has 0 aliphatic rings. The first-order valence-electron chi connectivity index (χ1n) is 4.01. The molecule has 1 rings (SSSR count). The fourth-order valence-electron chi connectivity index (χ4n) is 0.939. The molecule has 0 atom stereocenters. The third-order valence-electron chi connectivity index (χ3n) is 1.64. The van der Waals surface area contributed by atoms with Crippen LogP contribution >= 0.6 is 12.6 Å². The molecular weight excluding hydrogens is 154 g/mol. The summed E-state index contributed by atoms with van der Waals surface area (Å²) in [5.74, 6) is 0. The maximum Gasteiger partial charge on any atom is 0.169 e. The van der Waals surface area contributed by atoms with Gasteiger partial charge in [0, 0.05) is 23.4 Å². The van der Waals surface area contributed by atoms with E-state index in [1.165, 1.54) is 12.8 Å². The van der Waals surface area contributed by atoms with Gasteiger partial charge in [-0.15, -0.1) is 12.6 Å². The third kappa shape index (κ3) is 2.93. The van der Waals surface area contributed by atoms with E-state index in [0.29, 0.717) is 0 Å². The SMILES string of the molecule is CCCC[n+]1ccc(S)cc1. The number of hydrogen-bond acceptors (Lipinski definition) is 1. The minimum absolute atomic E-state index is 1.03. The van der Waals surface area contributed by atoms with Crippen LogP contribution in [0.25, 0.3) is 0 Å². The highest BCUT2D eigenvalue weighted by atomic mass is 32.1. The Kier molecular flexibility index (Phi) is 3.43. The highest BCUT2D eigenvalue weighted by Crippen LogP contribution is 1.99. The Balaban J connectivity index is 2.52. The van der Waals surface area contributed by atoms with Gasteiger partial charge in [-0.25, -0.2) is 4.57 Å². The van der Waals surface area contributed by atoms with E-state index in [1.54, 1.807) is 0 Å². The summed E-state index contributed by atoms with van der Waals surface area (Å²) in [6.45, 7) is 3.32. The van der Waals surface area contributed by atoms with E-state index in [1.807, 2.05) is 12.1 Å².